The average Bonchev–Trinajstić information content (AvgIpc) is 2.75. The number of nitrogens with zero attached hydrogens (tertiary/aromatic N) is 5. The first-order valence-electron chi connectivity index (χ1n) is 9.78. The van der Waals surface area contributed by atoms with Crippen LogP contribution in [0.25, 0.3) is 0 Å². The van der Waals surface area contributed by atoms with Crippen LogP contribution in [0.4, 0.5) is 24.8 Å². The summed E-state index contributed by atoms with van der Waals surface area (Å²) in [4.78, 5) is 38.4. The van der Waals surface area contributed by atoms with Gasteiger partial charge in [0.25, 0.3) is 0 Å². The van der Waals surface area contributed by atoms with E-state index in [4.69, 9.17) is 11.6 Å². The summed E-state index contributed by atoms with van der Waals surface area (Å²) in [7, 11) is 1.59. The maximum atomic E-state index is 13.0. The number of halogens is 4. The molecule has 0 atom stereocenters. The van der Waals surface area contributed by atoms with Gasteiger partial charge >= 0.3 is 6.18 Å². The number of carbonyl (C=O) groups excluding carboxylic acids is 2. The van der Waals surface area contributed by atoms with Gasteiger partial charge in [0.15, 0.2) is 0 Å². The Labute approximate surface area is 188 Å². The summed E-state index contributed by atoms with van der Waals surface area (Å²) < 4.78 is 38.9. The first-order chi connectivity index (χ1) is 15.1. The number of rotatable bonds is 6. The second kappa shape index (κ2) is 10.1. The van der Waals surface area contributed by atoms with Crippen LogP contribution in [0.3, 0.4) is 0 Å². The topological polar surface area (TPSA) is 81.7 Å². The molecule has 1 saturated heterocycles. The molecule has 3 rings (SSSR count). The molecule has 1 aromatic carbocycles. The molecule has 8 nitrogen and oxygen atoms in total. The van der Waals surface area contributed by atoms with E-state index >= 15 is 0 Å². The fraction of sp³-hybridized carbons (Fsp3) is 0.400. The van der Waals surface area contributed by atoms with Crippen LogP contribution >= 0.6 is 11.6 Å². The minimum absolute atomic E-state index is 0.00365. The molecule has 0 bridgehead atoms. The summed E-state index contributed by atoms with van der Waals surface area (Å²) in [5, 5.41) is 1.96. The number of benzene rings is 1. The highest BCUT2D eigenvalue weighted by Gasteiger charge is 2.33. The van der Waals surface area contributed by atoms with Gasteiger partial charge < -0.3 is 15.1 Å². The highest BCUT2D eigenvalue weighted by Crippen LogP contribution is 2.36. The number of piperazine rings is 1. The van der Waals surface area contributed by atoms with Crippen LogP contribution < -0.4 is 10.2 Å². The molecular formula is C20H22ClF3N6O2. The van der Waals surface area contributed by atoms with Gasteiger partial charge in [-0.1, -0.05) is 11.6 Å². The molecule has 12 heteroatoms. The van der Waals surface area contributed by atoms with Crippen molar-refractivity contribution in [1.29, 1.82) is 0 Å². The normalized spacial score (nSPS) is 14.6. The third-order valence-electron chi connectivity index (χ3n) is 4.84. The van der Waals surface area contributed by atoms with E-state index in [1.165, 1.54) is 11.0 Å². The molecule has 172 valence electrons. The first kappa shape index (κ1) is 23.7. The van der Waals surface area contributed by atoms with Crippen LogP contribution in [0.1, 0.15) is 5.56 Å². The monoisotopic (exact) mass is 470 g/mol. The lowest BCUT2D eigenvalue weighted by Gasteiger charge is -2.35. The van der Waals surface area contributed by atoms with Crippen molar-refractivity contribution in [1.82, 2.24) is 19.8 Å². The quantitative estimate of drug-likeness (QED) is 0.698. The molecule has 0 spiro atoms. The molecule has 1 N–H and O–H groups in total. The van der Waals surface area contributed by atoms with Gasteiger partial charge in [0.2, 0.25) is 17.8 Å². The molecule has 1 aromatic heterocycles. The smallest absolute Gasteiger partial charge is 0.338 e. The Morgan fingerprint density at radius 3 is 2.41 bits per heavy atom. The SMILES string of the molecule is CN(CC(=O)Nc1ccc(Cl)c(C(F)(F)F)c1)CC(=O)N1CCN(c2ncccn2)CC1. The molecule has 2 aromatic rings. The number of hydrogen-bond donors (Lipinski definition) is 1. The second-order valence-electron chi connectivity index (χ2n) is 7.33. The van der Waals surface area contributed by atoms with Crippen LogP contribution in [0.2, 0.25) is 5.02 Å². The molecule has 0 saturated carbocycles. The van der Waals surface area contributed by atoms with E-state index in [1.54, 1.807) is 30.4 Å². The number of nitrogens with one attached hydrogen (secondary N) is 1. The lowest BCUT2D eigenvalue weighted by Crippen LogP contribution is -2.51. The van der Waals surface area contributed by atoms with Crippen molar-refractivity contribution in [3.8, 4) is 0 Å². The number of amides is 2. The van der Waals surface area contributed by atoms with E-state index in [-0.39, 0.29) is 24.7 Å². The first-order valence-corrected chi connectivity index (χ1v) is 10.2. The van der Waals surface area contributed by atoms with Crippen LogP contribution in [-0.4, -0.2) is 77.9 Å². The van der Waals surface area contributed by atoms with E-state index in [0.29, 0.717) is 32.1 Å². The van der Waals surface area contributed by atoms with Gasteiger partial charge in [-0.15, -0.1) is 0 Å². The molecule has 32 heavy (non-hydrogen) atoms. The molecule has 1 aliphatic rings. The lowest BCUT2D eigenvalue weighted by atomic mass is 10.2. The van der Waals surface area contributed by atoms with Gasteiger partial charge in [-0.2, -0.15) is 13.2 Å². The Morgan fingerprint density at radius 1 is 1.12 bits per heavy atom. The molecule has 1 fully saturated rings. The minimum Gasteiger partial charge on any atom is -0.338 e. The van der Waals surface area contributed by atoms with Crippen LogP contribution in [0.5, 0.6) is 0 Å². The fourth-order valence-electron chi connectivity index (χ4n) is 3.26. The Bertz CT molecular complexity index is 952. The molecule has 0 radical (unpaired) electrons. The Hall–Kier alpha value is -2.92. The van der Waals surface area contributed by atoms with Crippen molar-refractivity contribution in [2.75, 3.05) is 56.5 Å². The van der Waals surface area contributed by atoms with Crippen molar-refractivity contribution in [2.24, 2.45) is 0 Å². The van der Waals surface area contributed by atoms with Gasteiger partial charge in [0, 0.05) is 44.3 Å². The van der Waals surface area contributed by atoms with Crippen molar-refractivity contribution in [3.63, 3.8) is 0 Å². The average molecular weight is 471 g/mol. The number of aromatic nitrogens is 2. The third kappa shape index (κ3) is 6.30. The molecule has 2 heterocycles. The van der Waals surface area contributed by atoms with Gasteiger partial charge in [0.05, 0.1) is 23.7 Å². The van der Waals surface area contributed by atoms with E-state index in [9.17, 15) is 22.8 Å². The summed E-state index contributed by atoms with van der Waals surface area (Å²) in [6, 6.07) is 4.88. The predicted octanol–water partition coefficient (Wildman–Crippen LogP) is 2.37. The Balaban J connectivity index is 1.47. The summed E-state index contributed by atoms with van der Waals surface area (Å²) in [5.74, 6) is -0.0640. The Kier molecular flexibility index (Phi) is 7.52. The zero-order valence-corrected chi connectivity index (χ0v) is 18.0. The molecule has 1 aliphatic heterocycles. The van der Waals surface area contributed by atoms with E-state index in [2.05, 4.69) is 15.3 Å². The zero-order valence-electron chi connectivity index (χ0n) is 17.3. The standard InChI is InChI=1S/C20H22ClF3N6O2/c1-28(12-17(31)27-14-3-4-16(21)15(11-14)20(22,23)24)13-18(32)29-7-9-30(10-8-29)19-25-5-2-6-26-19/h2-6,11H,7-10,12-13H2,1H3,(H,27,31). The van der Waals surface area contributed by atoms with Crippen LogP contribution in [0, 0.1) is 0 Å². The summed E-state index contributed by atoms with van der Waals surface area (Å²) >= 11 is 5.58. The fourth-order valence-corrected chi connectivity index (χ4v) is 3.49. The number of carbonyl (C=O) groups is 2. The Morgan fingerprint density at radius 2 is 1.78 bits per heavy atom. The minimum atomic E-state index is -4.63. The molecular weight excluding hydrogens is 449 g/mol. The van der Waals surface area contributed by atoms with Gasteiger partial charge in [-0.05, 0) is 31.3 Å². The number of hydrogen-bond acceptors (Lipinski definition) is 6. The third-order valence-corrected chi connectivity index (χ3v) is 5.17. The zero-order chi connectivity index (χ0) is 23.3. The molecule has 2 amide bonds. The predicted molar refractivity (Wildman–Crippen MR) is 113 cm³/mol. The van der Waals surface area contributed by atoms with E-state index in [0.717, 1.165) is 12.1 Å². The van der Waals surface area contributed by atoms with Gasteiger partial charge in [-0.3, -0.25) is 14.5 Å². The number of likely N-dealkylation sites (N-methyl/N-ethyl adjacent to an activating group) is 1. The largest absolute Gasteiger partial charge is 0.417 e. The van der Waals surface area contributed by atoms with Crippen molar-refractivity contribution >= 4 is 35.1 Å². The summed E-state index contributed by atoms with van der Waals surface area (Å²) in [6.07, 6.45) is -1.31. The van der Waals surface area contributed by atoms with Gasteiger partial charge in [-0.25, -0.2) is 9.97 Å². The van der Waals surface area contributed by atoms with E-state index < -0.39 is 22.7 Å². The summed E-state index contributed by atoms with van der Waals surface area (Å²) in [6.45, 7) is 2.04. The highest BCUT2D eigenvalue weighted by atomic mass is 35.5. The molecule has 0 unspecified atom stereocenters. The van der Waals surface area contributed by atoms with Crippen molar-refractivity contribution in [2.45, 2.75) is 6.18 Å². The second-order valence-corrected chi connectivity index (χ2v) is 7.74. The maximum absolute atomic E-state index is 13.0. The number of anilines is 2. The van der Waals surface area contributed by atoms with Crippen LogP contribution in [-0.2, 0) is 15.8 Å². The van der Waals surface area contributed by atoms with Crippen LogP contribution in [0.15, 0.2) is 36.7 Å². The van der Waals surface area contributed by atoms with Crippen molar-refractivity contribution in [3.05, 3.63) is 47.2 Å². The highest BCUT2D eigenvalue weighted by molar-refractivity contribution is 6.31. The lowest BCUT2D eigenvalue weighted by molar-refractivity contribution is -0.137. The summed E-state index contributed by atoms with van der Waals surface area (Å²) in [5.41, 5.74) is -1.05. The maximum Gasteiger partial charge on any atom is 0.417 e. The van der Waals surface area contributed by atoms with Gasteiger partial charge in [0.1, 0.15) is 0 Å². The van der Waals surface area contributed by atoms with E-state index in [1.807, 2.05) is 4.90 Å². The molecule has 0 aliphatic carbocycles. The van der Waals surface area contributed by atoms with Crippen molar-refractivity contribution < 1.29 is 22.8 Å². The number of alkyl halides is 3.